The van der Waals surface area contributed by atoms with Crippen LogP contribution in [0.25, 0.3) is 0 Å². The molecule has 0 bridgehead atoms. The van der Waals surface area contributed by atoms with Crippen molar-refractivity contribution in [3.8, 4) is 0 Å². The van der Waals surface area contributed by atoms with Crippen LogP contribution in [0.4, 0.5) is 5.69 Å². The van der Waals surface area contributed by atoms with Crippen LogP contribution in [0.1, 0.15) is 6.42 Å². The van der Waals surface area contributed by atoms with Gasteiger partial charge in [-0.1, -0.05) is 23.7 Å². The Balaban J connectivity index is 1.84. The number of pyridine rings is 1. The van der Waals surface area contributed by atoms with Gasteiger partial charge in [-0.2, -0.15) is 0 Å². The fraction of sp³-hybridized carbons (Fsp3) is 0.200. The van der Waals surface area contributed by atoms with E-state index < -0.39 is 0 Å². The van der Waals surface area contributed by atoms with E-state index in [1.165, 1.54) is 11.8 Å². The maximum atomic E-state index is 12.0. The van der Waals surface area contributed by atoms with Crippen molar-refractivity contribution in [1.82, 2.24) is 4.98 Å². The van der Waals surface area contributed by atoms with E-state index in [4.69, 9.17) is 11.6 Å². The van der Waals surface area contributed by atoms with Crippen LogP contribution in [0, 0.1) is 0 Å². The SMILES string of the molecule is CSc1ccccc1NC(=O)CCSc1ncccc1Cl. The number of carbonyl (C=O) groups is 1. The van der Waals surface area contributed by atoms with Gasteiger partial charge in [0, 0.05) is 23.3 Å². The molecule has 0 saturated carbocycles. The Kier molecular flexibility index (Phi) is 6.42. The van der Waals surface area contributed by atoms with Crippen LogP contribution in [0.5, 0.6) is 0 Å². The van der Waals surface area contributed by atoms with E-state index >= 15 is 0 Å². The fourth-order valence-corrected chi connectivity index (χ4v) is 3.34. The molecule has 0 aliphatic rings. The Morgan fingerprint density at radius 3 is 2.86 bits per heavy atom. The molecule has 0 atom stereocenters. The van der Waals surface area contributed by atoms with E-state index in [-0.39, 0.29) is 5.91 Å². The minimum atomic E-state index is -0.00365. The maximum absolute atomic E-state index is 12.0. The molecule has 3 nitrogen and oxygen atoms in total. The number of carbonyl (C=O) groups excluding carboxylic acids is 1. The van der Waals surface area contributed by atoms with Gasteiger partial charge in [-0.15, -0.1) is 23.5 Å². The fourth-order valence-electron chi connectivity index (χ4n) is 1.68. The Morgan fingerprint density at radius 2 is 2.10 bits per heavy atom. The molecule has 2 rings (SSSR count). The lowest BCUT2D eigenvalue weighted by Gasteiger charge is -2.09. The third-order valence-corrected chi connectivity index (χ3v) is 4.89. The molecular weight excluding hydrogens is 324 g/mol. The molecule has 0 saturated heterocycles. The van der Waals surface area contributed by atoms with Gasteiger partial charge >= 0.3 is 0 Å². The zero-order valence-corrected chi connectivity index (χ0v) is 13.9. The Hall–Kier alpha value is -1.17. The molecule has 0 aliphatic heterocycles. The van der Waals surface area contributed by atoms with Gasteiger partial charge in [0.15, 0.2) is 0 Å². The van der Waals surface area contributed by atoms with Gasteiger partial charge in [0.2, 0.25) is 5.91 Å². The first-order valence-electron chi connectivity index (χ1n) is 6.37. The Morgan fingerprint density at radius 1 is 1.29 bits per heavy atom. The van der Waals surface area contributed by atoms with Gasteiger partial charge in [-0.3, -0.25) is 4.79 Å². The molecule has 0 aliphatic carbocycles. The normalized spacial score (nSPS) is 10.4. The minimum Gasteiger partial charge on any atom is -0.325 e. The van der Waals surface area contributed by atoms with E-state index in [1.54, 1.807) is 30.1 Å². The minimum absolute atomic E-state index is 0.00365. The monoisotopic (exact) mass is 338 g/mol. The summed E-state index contributed by atoms with van der Waals surface area (Å²) in [5, 5.41) is 4.32. The van der Waals surface area contributed by atoms with Crippen LogP contribution in [-0.2, 0) is 4.79 Å². The van der Waals surface area contributed by atoms with Crippen molar-refractivity contribution in [3.05, 3.63) is 47.6 Å². The smallest absolute Gasteiger partial charge is 0.225 e. The molecule has 0 fully saturated rings. The zero-order valence-electron chi connectivity index (χ0n) is 11.5. The lowest BCUT2D eigenvalue weighted by molar-refractivity contribution is -0.115. The number of para-hydroxylation sites is 1. The van der Waals surface area contributed by atoms with Crippen LogP contribution < -0.4 is 5.32 Å². The van der Waals surface area contributed by atoms with Gasteiger partial charge in [0.25, 0.3) is 0 Å². The lowest BCUT2D eigenvalue weighted by Crippen LogP contribution is -2.12. The summed E-state index contributed by atoms with van der Waals surface area (Å²) in [6.45, 7) is 0. The van der Waals surface area contributed by atoms with Gasteiger partial charge in [0.05, 0.1) is 10.7 Å². The lowest BCUT2D eigenvalue weighted by atomic mass is 10.3. The second kappa shape index (κ2) is 8.32. The first kappa shape index (κ1) is 16.2. The Bertz CT molecular complexity index is 622. The number of rotatable bonds is 6. The Labute approximate surface area is 137 Å². The van der Waals surface area contributed by atoms with Crippen LogP contribution in [-0.4, -0.2) is 22.9 Å². The number of halogens is 1. The first-order chi connectivity index (χ1) is 10.2. The van der Waals surface area contributed by atoms with Gasteiger partial charge < -0.3 is 5.32 Å². The highest BCUT2D eigenvalue weighted by Gasteiger charge is 2.07. The summed E-state index contributed by atoms with van der Waals surface area (Å²) < 4.78 is 0. The van der Waals surface area contributed by atoms with Crippen LogP contribution in [0.15, 0.2) is 52.5 Å². The third-order valence-electron chi connectivity index (χ3n) is 2.67. The molecule has 110 valence electrons. The highest BCUT2D eigenvalue weighted by atomic mass is 35.5. The molecule has 6 heteroatoms. The van der Waals surface area contributed by atoms with Crippen molar-refractivity contribution in [3.63, 3.8) is 0 Å². The highest BCUT2D eigenvalue weighted by molar-refractivity contribution is 7.99. The molecule has 1 heterocycles. The average molecular weight is 339 g/mol. The van der Waals surface area contributed by atoms with Crippen molar-refractivity contribution in [2.24, 2.45) is 0 Å². The summed E-state index contributed by atoms with van der Waals surface area (Å²) >= 11 is 9.12. The van der Waals surface area contributed by atoms with Crippen molar-refractivity contribution in [2.45, 2.75) is 16.3 Å². The van der Waals surface area contributed by atoms with E-state index in [0.29, 0.717) is 17.2 Å². The number of aromatic nitrogens is 1. The second-order valence-corrected chi connectivity index (χ2v) is 6.48. The molecule has 1 aromatic carbocycles. The number of hydrogen-bond donors (Lipinski definition) is 1. The third kappa shape index (κ3) is 4.95. The van der Waals surface area contributed by atoms with Gasteiger partial charge in [-0.25, -0.2) is 4.98 Å². The van der Waals surface area contributed by atoms with Crippen molar-refractivity contribution in [1.29, 1.82) is 0 Å². The van der Waals surface area contributed by atoms with E-state index in [2.05, 4.69) is 10.3 Å². The summed E-state index contributed by atoms with van der Waals surface area (Å²) in [6.07, 6.45) is 4.10. The predicted octanol–water partition coefficient (Wildman–Crippen LogP) is 4.58. The van der Waals surface area contributed by atoms with Crippen LogP contribution >= 0.6 is 35.1 Å². The van der Waals surface area contributed by atoms with Gasteiger partial charge in [0.1, 0.15) is 5.03 Å². The van der Waals surface area contributed by atoms with E-state index in [9.17, 15) is 4.79 Å². The van der Waals surface area contributed by atoms with E-state index in [0.717, 1.165) is 15.6 Å². The molecule has 0 spiro atoms. The van der Waals surface area contributed by atoms with E-state index in [1.807, 2.05) is 30.5 Å². The quantitative estimate of drug-likeness (QED) is 0.783. The number of thioether (sulfide) groups is 2. The summed E-state index contributed by atoms with van der Waals surface area (Å²) in [5.41, 5.74) is 0.857. The highest BCUT2D eigenvalue weighted by Crippen LogP contribution is 2.26. The van der Waals surface area contributed by atoms with Crippen molar-refractivity contribution < 1.29 is 4.79 Å². The average Bonchev–Trinajstić information content (AvgIpc) is 2.50. The maximum Gasteiger partial charge on any atom is 0.225 e. The first-order valence-corrected chi connectivity index (χ1v) is 8.95. The number of hydrogen-bond acceptors (Lipinski definition) is 4. The number of nitrogens with zero attached hydrogens (tertiary/aromatic N) is 1. The standard InChI is InChI=1S/C15H15ClN2OS2/c1-20-13-7-3-2-6-12(13)18-14(19)8-10-21-15-11(16)5-4-9-17-15/h2-7,9H,8,10H2,1H3,(H,18,19). The second-order valence-electron chi connectivity index (χ2n) is 4.14. The van der Waals surface area contributed by atoms with Crippen LogP contribution in [0.2, 0.25) is 5.02 Å². The summed E-state index contributed by atoms with van der Waals surface area (Å²) in [6, 6.07) is 11.4. The molecule has 1 N–H and O–H groups in total. The molecular formula is C15H15ClN2OS2. The summed E-state index contributed by atoms with van der Waals surface area (Å²) in [5.74, 6) is 0.639. The number of amides is 1. The molecule has 1 aromatic heterocycles. The van der Waals surface area contributed by atoms with Gasteiger partial charge in [-0.05, 0) is 30.5 Å². The van der Waals surface area contributed by atoms with Crippen LogP contribution in [0.3, 0.4) is 0 Å². The summed E-state index contributed by atoms with van der Waals surface area (Å²) in [7, 11) is 0. The number of nitrogens with one attached hydrogen (secondary N) is 1. The number of benzene rings is 1. The largest absolute Gasteiger partial charge is 0.325 e. The number of anilines is 1. The van der Waals surface area contributed by atoms with Crippen molar-refractivity contribution in [2.75, 3.05) is 17.3 Å². The molecule has 21 heavy (non-hydrogen) atoms. The molecule has 1 amide bonds. The summed E-state index contributed by atoms with van der Waals surface area (Å²) in [4.78, 5) is 17.2. The molecule has 0 radical (unpaired) electrons. The predicted molar refractivity (Wildman–Crippen MR) is 91.4 cm³/mol. The zero-order chi connectivity index (χ0) is 15.1. The molecule has 2 aromatic rings. The molecule has 0 unspecified atom stereocenters. The van der Waals surface area contributed by atoms with Crippen molar-refractivity contribution >= 4 is 46.7 Å². The topological polar surface area (TPSA) is 42.0 Å².